The van der Waals surface area contributed by atoms with Crippen LogP contribution in [0.4, 0.5) is 11.4 Å². The summed E-state index contributed by atoms with van der Waals surface area (Å²) >= 11 is 0. The number of ether oxygens (including phenoxy) is 2. The van der Waals surface area contributed by atoms with Gasteiger partial charge >= 0.3 is 21.1 Å². The van der Waals surface area contributed by atoms with Crippen LogP contribution in [0.1, 0.15) is 0 Å². The van der Waals surface area contributed by atoms with Crippen molar-refractivity contribution < 1.29 is 90.2 Å². The minimum atomic E-state index is -3.88. The van der Waals surface area contributed by atoms with E-state index in [2.05, 4.69) is 225 Å². The quantitative estimate of drug-likeness (QED) is 0.0700. The zero-order chi connectivity index (χ0) is 87.4. The third kappa shape index (κ3) is 15.1. The molecule has 25 heteroatoms. The van der Waals surface area contributed by atoms with Gasteiger partial charge in [0.25, 0.3) is 0 Å². The Labute approximate surface area is 809 Å². The van der Waals surface area contributed by atoms with Gasteiger partial charge in [0.15, 0.2) is 9.84 Å². The molecule has 0 saturated carbocycles. The van der Waals surface area contributed by atoms with Crippen molar-refractivity contribution in [3.63, 3.8) is 0 Å². The first-order valence-corrected chi connectivity index (χ1v) is 46.9. The Morgan fingerprint density at radius 1 is 0.346 bits per heavy atom. The number of rotatable bonds is 15. The molecule has 0 radical (unpaired) electrons. The van der Waals surface area contributed by atoms with E-state index in [-0.39, 0.29) is 73.0 Å². The molecule has 2 atom stereocenters. The standard InChI is InChI=1S/2C39H26N4O2P.C30H19N5O2S.3Pt/c1-41-26-42(25-39(41)43-34-16-5-2-13-30(34)31-14-3-6-17-35(31)43)27-20-21-33-32-15-4-7-18-36(32)46(44,37(33)23-27)29-12-10-11-28(24-29)45-38-19-8-9-22-40-38;1-41-26-42(25-39(41)43-34-16-5-2-13-30(34)31-14-3-6-17-35(31)43)27-11-10-12-29(23-27)46(44)36-18-7-4-15-32(36)33-21-20-28(24-37(33)46)45-38-19-8-9-22-40-38;36-38(37,25-10-5-8-22(18-25)33-17-7-16-31-33)26-11-6-9-23(19-26)34-21-24(20-32-34)35-29-14-3-1-12-27(29)28-13-2-4-15-30(28)35;;;/h2*2-22,25-26H,1H3;1-17,20-21H;;;/q2*-3;-2;;;+2. The molecule has 656 valence electrons. The smallest absolute Gasteiger partial charge is 0.499 e. The summed E-state index contributed by atoms with van der Waals surface area (Å²) in [5.74, 6) is 3.85. The van der Waals surface area contributed by atoms with Crippen LogP contribution in [0.15, 0.2) is 393 Å². The molecular formula is C108H71N13O6P2Pt3S-6. The molecule has 0 N–H and O–H groups in total. The summed E-state index contributed by atoms with van der Waals surface area (Å²) in [4.78, 5) is 17.0. The van der Waals surface area contributed by atoms with Gasteiger partial charge in [0.05, 0.1) is 62.8 Å². The summed E-state index contributed by atoms with van der Waals surface area (Å²) in [7, 11) is -6.46. The first-order valence-electron chi connectivity index (χ1n) is 42.0. The molecule has 0 bridgehead atoms. The van der Waals surface area contributed by atoms with E-state index in [1.54, 1.807) is 82.8 Å². The molecule has 0 amide bonds. The number of para-hydroxylation sites is 6. The van der Waals surface area contributed by atoms with Crippen molar-refractivity contribution in [2.75, 3.05) is 23.9 Å². The van der Waals surface area contributed by atoms with Crippen LogP contribution in [0.2, 0.25) is 0 Å². The Balaban J connectivity index is 0.000000123. The molecule has 4 aliphatic heterocycles. The van der Waals surface area contributed by atoms with Gasteiger partial charge in [-0.2, -0.15) is 90.3 Å². The molecule has 0 saturated heterocycles. The van der Waals surface area contributed by atoms with Crippen LogP contribution in [-0.2, 0) is 82.2 Å². The van der Waals surface area contributed by atoms with E-state index in [4.69, 9.17) is 9.47 Å². The largest absolute Gasteiger partial charge is 2.00 e. The second kappa shape index (κ2) is 35.6. The van der Waals surface area contributed by atoms with E-state index in [0.29, 0.717) is 55.9 Å². The van der Waals surface area contributed by atoms with Gasteiger partial charge in [-0.15, -0.1) is 89.2 Å². The monoisotopic (exact) mass is 2320 g/mol. The van der Waals surface area contributed by atoms with Crippen LogP contribution in [0.5, 0.6) is 23.3 Å². The zero-order valence-corrected chi connectivity index (χ0v) is 80.0. The van der Waals surface area contributed by atoms with Crippen molar-refractivity contribution in [2.24, 2.45) is 0 Å². The predicted octanol–water partition coefficient (Wildman–Crippen LogP) is 20.6. The second-order valence-corrected chi connectivity index (χ2v) is 38.7. The van der Waals surface area contributed by atoms with Crippen molar-refractivity contribution >= 4 is 144 Å². The molecule has 2 unspecified atom stereocenters. The van der Waals surface area contributed by atoms with Gasteiger partial charge in [-0.05, 0) is 89.9 Å². The van der Waals surface area contributed by atoms with E-state index < -0.39 is 24.1 Å². The molecule has 133 heavy (non-hydrogen) atoms. The molecule has 14 aromatic carbocycles. The minimum Gasteiger partial charge on any atom is -0.499 e. The van der Waals surface area contributed by atoms with Gasteiger partial charge in [-0.3, -0.25) is 18.5 Å². The van der Waals surface area contributed by atoms with Gasteiger partial charge in [0.1, 0.15) is 14.3 Å². The Bertz CT molecular complexity index is 8240. The number of fused-ring (bicyclic) bond motifs is 15. The summed E-state index contributed by atoms with van der Waals surface area (Å²) in [6, 6.07) is 128. The second-order valence-electron chi connectivity index (χ2n) is 31.6. The van der Waals surface area contributed by atoms with Gasteiger partial charge in [0.2, 0.25) is 11.8 Å². The molecule has 25 rings (SSSR count). The molecule has 11 heterocycles. The maximum absolute atomic E-state index is 15.4. The molecule has 0 aliphatic carbocycles. The fraction of sp³-hybridized carbons (Fsp3) is 0.0185. The van der Waals surface area contributed by atoms with Crippen LogP contribution in [0.3, 0.4) is 0 Å². The SMILES string of the molecule is CN1[CH-]N(c2[c-]c(P3(=O)c4[c-]c(Oc5ccccn5)ccc4-c4ccccc43)ccc2)C=C1n1c2ccccc2c2ccccc21.CN1[CH-]N(c2[c-]c3c(cc2)-c2ccccc2P3(=O)c2[c-]c(Oc3ccccn3)ccc2)C=C1n1c2ccccc2c2ccccc21.O=S(=O)(c1[c-]c(-n2cccn2)ccc1)c1[c-]c(-n2cc(-n3c4ccccc4c4ccccc43)cn2)ccc1.[Pt+2].[Pt].[Pt]. The third-order valence-electron chi connectivity index (χ3n) is 23.9. The van der Waals surface area contributed by atoms with Gasteiger partial charge in [0, 0.05) is 146 Å². The first-order chi connectivity index (χ1) is 63.8. The van der Waals surface area contributed by atoms with Crippen molar-refractivity contribution in [1.82, 2.24) is 53.0 Å². The van der Waals surface area contributed by atoms with Crippen LogP contribution in [-0.4, -0.2) is 75.5 Å². The molecule has 21 aromatic rings. The maximum atomic E-state index is 15.4. The Hall–Kier alpha value is -14.0. The fourth-order valence-corrected chi connectivity index (χ4v) is 25.1. The number of aromatic nitrogens is 9. The summed E-state index contributed by atoms with van der Waals surface area (Å²) in [5, 5.41) is 19.9. The molecule has 0 spiro atoms. The average molecular weight is 2330 g/mol. The number of hydrogen-bond acceptors (Lipinski definition) is 14. The van der Waals surface area contributed by atoms with Crippen LogP contribution < -0.4 is 51.1 Å². The van der Waals surface area contributed by atoms with Crippen LogP contribution in [0, 0.1) is 49.7 Å². The molecule has 0 fully saturated rings. The Kier molecular flexibility index (Phi) is 23.3. The van der Waals surface area contributed by atoms with Crippen molar-refractivity contribution in [1.29, 1.82) is 0 Å². The number of anilines is 2. The van der Waals surface area contributed by atoms with Crippen molar-refractivity contribution in [3.8, 4) is 62.6 Å². The van der Waals surface area contributed by atoms with E-state index in [0.717, 1.165) is 105 Å². The normalized spacial score (nSPS) is 15.1. The number of hydrogen-bond donors (Lipinski definition) is 0. The summed E-state index contributed by atoms with van der Waals surface area (Å²) in [6.45, 7) is 4.07. The molecular weight excluding hydrogens is 2250 g/mol. The zero-order valence-electron chi connectivity index (χ0n) is 70.5. The van der Waals surface area contributed by atoms with Crippen LogP contribution >= 0.6 is 14.3 Å². The number of sulfone groups is 1. The Morgan fingerprint density at radius 2 is 0.752 bits per heavy atom. The predicted molar refractivity (Wildman–Crippen MR) is 515 cm³/mol. The summed E-state index contributed by atoms with van der Waals surface area (Å²) in [6.07, 6.45) is 14.6. The average Bonchev–Trinajstić information content (AvgIpc) is 1.56. The van der Waals surface area contributed by atoms with Gasteiger partial charge < -0.3 is 42.8 Å². The summed E-state index contributed by atoms with van der Waals surface area (Å²) in [5.41, 5.74) is 13.9. The number of benzene rings is 14. The molecule has 7 aromatic heterocycles. The van der Waals surface area contributed by atoms with E-state index in [1.165, 1.54) is 33.7 Å². The van der Waals surface area contributed by atoms with Crippen molar-refractivity contribution in [2.45, 2.75) is 9.79 Å². The van der Waals surface area contributed by atoms with Crippen molar-refractivity contribution in [3.05, 3.63) is 433 Å². The minimum absolute atomic E-state index is 0. The van der Waals surface area contributed by atoms with E-state index >= 15 is 9.13 Å². The van der Waals surface area contributed by atoms with E-state index in [9.17, 15) is 8.42 Å². The van der Waals surface area contributed by atoms with E-state index in [1.807, 2.05) is 190 Å². The van der Waals surface area contributed by atoms with Gasteiger partial charge in [-0.25, -0.2) is 18.4 Å². The third-order valence-corrected chi connectivity index (χ3v) is 31.5. The topological polar surface area (TPSA) is 176 Å². The maximum Gasteiger partial charge on any atom is 2.00 e. The van der Waals surface area contributed by atoms with Gasteiger partial charge in [-0.1, -0.05) is 202 Å². The number of pyridine rings is 2. The summed E-state index contributed by atoms with van der Waals surface area (Å²) < 4.78 is 79.9. The fourth-order valence-electron chi connectivity index (χ4n) is 18.0. The first kappa shape index (κ1) is 87.0. The number of nitrogens with zero attached hydrogens (tertiary/aromatic N) is 13. The molecule has 19 nitrogen and oxygen atoms in total. The molecule has 4 aliphatic rings. The Morgan fingerprint density at radius 3 is 1.23 bits per heavy atom. The van der Waals surface area contributed by atoms with Crippen LogP contribution in [0.25, 0.3) is 116 Å².